The van der Waals surface area contributed by atoms with Crippen LogP contribution in [0.4, 0.5) is 17.5 Å². The van der Waals surface area contributed by atoms with Gasteiger partial charge in [-0.2, -0.15) is 9.29 Å². The van der Waals surface area contributed by atoms with Gasteiger partial charge in [0.2, 0.25) is 5.95 Å². The predicted molar refractivity (Wildman–Crippen MR) is 102 cm³/mol. The predicted octanol–water partition coefficient (Wildman–Crippen LogP) is -3.41. The molecule has 30 heavy (non-hydrogen) atoms. The van der Waals surface area contributed by atoms with E-state index in [9.17, 15) is 29.0 Å². The van der Waals surface area contributed by atoms with Crippen molar-refractivity contribution in [3.63, 3.8) is 0 Å². The van der Waals surface area contributed by atoms with Crippen LogP contribution < -0.4 is 21.1 Å². The number of aliphatic hydroxyl groups excluding tert-OH is 2. The van der Waals surface area contributed by atoms with E-state index in [1.807, 2.05) is 0 Å². The second-order valence-electron chi connectivity index (χ2n) is 6.32. The normalized spacial score (nSPS) is 28.2. The number of phosphoric acid groups is 2. The van der Waals surface area contributed by atoms with E-state index in [1.165, 1.54) is 9.80 Å². The Bertz CT molecular complexity index is 943. The standard InChI is InChI=1S/C11H19N5O11P2.Na.H/c1-15-3-16(8-5(15)9(19)14-11(12)13-8)10-7(18)6(17)4(26-10)2-25-29(23,24)27-28(20,21)22;;/h4,6-7,10,17-18H,2-3H2,1H3,(H,23,24)(H2,20,21,22)(H3,12,13,14,19);;/t4-,6-,7-,10-;;/m1../s1. The van der Waals surface area contributed by atoms with Crippen LogP contribution in [-0.4, -0.2) is 109 Å². The number of rotatable bonds is 6. The van der Waals surface area contributed by atoms with Gasteiger partial charge in [-0.3, -0.25) is 14.3 Å². The number of fused-ring (bicyclic) bond motifs is 1. The zero-order valence-electron chi connectivity index (χ0n) is 14.7. The van der Waals surface area contributed by atoms with E-state index in [4.69, 9.17) is 20.3 Å². The molecule has 16 nitrogen and oxygen atoms in total. The molecule has 1 aromatic heterocycles. The molecule has 0 aliphatic carbocycles. The summed E-state index contributed by atoms with van der Waals surface area (Å²) in [4.78, 5) is 47.8. The first-order chi connectivity index (χ1) is 13.3. The molecule has 0 bridgehead atoms. The first kappa shape index (κ1) is 25.7. The fourth-order valence-corrected chi connectivity index (χ4v) is 4.63. The summed E-state index contributed by atoms with van der Waals surface area (Å²) in [7, 11) is -8.91. The van der Waals surface area contributed by atoms with Crippen molar-refractivity contribution in [2.24, 2.45) is 0 Å². The Morgan fingerprint density at radius 1 is 1.30 bits per heavy atom. The van der Waals surface area contributed by atoms with E-state index in [0.717, 1.165) is 0 Å². The van der Waals surface area contributed by atoms with E-state index >= 15 is 0 Å². The number of H-pyrrole nitrogens is 1. The zero-order chi connectivity index (χ0) is 21.7. The SMILES string of the molecule is CN1CN([C@@H]2O[C@H](COP(=O)(O)OP(=O)(O)O)[C@@H](O)[C@H]2O)c2nc(N)[nH]c(=O)c21.[NaH]. The molecule has 5 atom stereocenters. The summed E-state index contributed by atoms with van der Waals surface area (Å²) >= 11 is 0. The fourth-order valence-electron chi connectivity index (χ4n) is 3.03. The van der Waals surface area contributed by atoms with Crippen molar-refractivity contribution in [1.82, 2.24) is 9.97 Å². The maximum absolute atomic E-state index is 12.1. The van der Waals surface area contributed by atoms with Gasteiger partial charge in [-0.05, 0) is 0 Å². The average molecular weight is 483 g/mol. The topological polar surface area (TPSA) is 241 Å². The molecule has 2 aliphatic heterocycles. The van der Waals surface area contributed by atoms with Crippen molar-refractivity contribution in [2.45, 2.75) is 24.5 Å². The number of nitrogens with two attached hydrogens (primary N) is 1. The van der Waals surface area contributed by atoms with E-state index in [2.05, 4.69) is 18.8 Å². The molecular formula is C11H20N5NaO11P2. The number of nitrogens with zero attached hydrogens (tertiary/aromatic N) is 3. The number of aromatic amines is 1. The van der Waals surface area contributed by atoms with Crippen LogP contribution in [0.25, 0.3) is 0 Å². The number of phosphoric ester groups is 1. The van der Waals surface area contributed by atoms with Crippen LogP contribution in [0.5, 0.6) is 0 Å². The summed E-state index contributed by atoms with van der Waals surface area (Å²) < 4.78 is 35.8. The van der Waals surface area contributed by atoms with E-state index in [1.54, 1.807) is 7.05 Å². The molecule has 0 aromatic carbocycles. The van der Waals surface area contributed by atoms with Gasteiger partial charge in [0.05, 0.1) is 13.3 Å². The number of hydrogen-bond acceptors (Lipinski definition) is 12. The average Bonchev–Trinajstić information content (AvgIpc) is 3.01. The Hall–Kier alpha value is -0.580. The first-order valence-corrected chi connectivity index (χ1v) is 10.9. The number of aliphatic hydroxyl groups is 2. The molecule has 8 N–H and O–H groups in total. The van der Waals surface area contributed by atoms with Crippen LogP contribution >= 0.6 is 15.6 Å². The molecule has 0 radical (unpaired) electrons. The third-order valence-electron chi connectivity index (χ3n) is 4.17. The number of hydrogen-bond donors (Lipinski definition) is 7. The van der Waals surface area contributed by atoms with Crippen LogP contribution in [0, 0.1) is 0 Å². The number of ether oxygens (including phenoxy) is 1. The van der Waals surface area contributed by atoms with Gasteiger partial charge in [-0.25, -0.2) is 9.13 Å². The van der Waals surface area contributed by atoms with E-state index < -0.39 is 52.4 Å². The van der Waals surface area contributed by atoms with Gasteiger partial charge in [-0.15, -0.1) is 0 Å². The zero-order valence-corrected chi connectivity index (χ0v) is 16.5. The van der Waals surface area contributed by atoms with E-state index in [0.29, 0.717) is 0 Å². The molecular weight excluding hydrogens is 463 g/mol. The summed E-state index contributed by atoms with van der Waals surface area (Å²) in [6, 6.07) is 0. The van der Waals surface area contributed by atoms with Crippen molar-refractivity contribution < 1.29 is 47.6 Å². The maximum atomic E-state index is 12.1. The molecule has 3 heterocycles. The molecule has 1 unspecified atom stereocenters. The molecule has 0 spiro atoms. The number of nitrogen functional groups attached to an aromatic ring is 1. The van der Waals surface area contributed by atoms with Crippen LogP contribution in [0.2, 0.25) is 0 Å². The Morgan fingerprint density at radius 3 is 2.53 bits per heavy atom. The van der Waals surface area contributed by atoms with Crippen molar-refractivity contribution >= 4 is 62.7 Å². The minimum atomic E-state index is -5.32. The number of nitrogens with one attached hydrogen (secondary N) is 1. The van der Waals surface area contributed by atoms with Gasteiger partial charge in [0.15, 0.2) is 12.0 Å². The molecule has 1 saturated heterocycles. The molecule has 2 aliphatic rings. The van der Waals surface area contributed by atoms with Gasteiger partial charge < -0.3 is 45.2 Å². The molecule has 3 rings (SSSR count). The summed E-state index contributed by atoms with van der Waals surface area (Å²) in [5.74, 6) is -0.0954. The van der Waals surface area contributed by atoms with Gasteiger partial charge in [-0.1, -0.05) is 0 Å². The van der Waals surface area contributed by atoms with E-state index in [-0.39, 0.29) is 53.7 Å². The number of aromatic nitrogens is 2. The molecule has 0 saturated carbocycles. The van der Waals surface area contributed by atoms with Gasteiger partial charge in [0, 0.05) is 7.05 Å². The third-order valence-corrected chi connectivity index (χ3v) is 6.32. The monoisotopic (exact) mass is 483 g/mol. The minimum absolute atomic E-state index is 0. The molecule has 1 fully saturated rings. The van der Waals surface area contributed by atoms with Gasteiger partial charge in [0.1, 0.15) is 24.0 Å². The second-order valence-corrected chi connectivity index (χ2v) is 9.15. The number of anilines is 3. The van der Waals surface area contributed by atoms with Crippen LogP contribution in [0.15, 0.2) is 4.79 Å². The van der Waals surface area contributed by atoms with Crippen molar-refractivity contribution in [3.05, 3.63) is 10.4 Å². The van der Waals surface area contributed by atoms with Gasteiger partial charge >= 0.3 is 45.2 Å². The summed E-state index contributed by atoms with van der Waals surface area (Å²) in [5.41, 5.74) is 5.18. The van der Waals surface area contributed by atoms with Crippen LogP contribution in [0.1, 0.15) is 0 Å². The molecule has 19 heteroatoms. The Balaban J connectivity index is 0.00000320. The van der Waals surface area contributed by atoms with Crippen LogP contribution in [0.3, 0.4) is 0 Å². The summed E-state index contributed by atoms with van der Waals surface area (Å²) in [6.07, 6.45) is -5.77. The Labute approximate surface area is 190 Å². The Morgan fingerprint density at radius 2 is 1.93 bits per heavy atom. The van der Waals surface area contributed by atoms with Gasteiger partial charge in [0.25, 0.3) is 5.56 Å². The molecule has 0 amide bonds. The second kappa shape index (κ2) is 9.11. The molecule has 166 valence electrons. The fraction of sp³-hybridized carbons (Fsp3) is 0.636. The van der Waals surface area contributed by atoms with Crippen molar-refractivity contribution in [2.75, 3.05) is 35.9 Å². The third kappa shape index (κ3) is 5.42. The van der Waals surface area contributed by atoms with Crippen LogP contribution in [-0.2, 0) is 22.7 Å². The van der Waals surface area contributed by atoms with Crippen molar-refractivity contribution in [3.8, 4) is 0 Å². The first-order valence-electron chi connectivity index (χ1n) is 7.92. The Kier molecular flexibility index (Phi) is 7.80. The molecule has 1 aromatic rings. The summed E-state index contributed by atoms with van der Waals surface area (Å²) in [6.45, 7) is -0.805. The quantitative estimate of drug-likeness (QED) is 0.154. The van der Waals surface area contributed by atoms with Crippen molar-refractivity contribution in [1.29, 1.82) is 0 Å². The summed E-state index contributed by atoms with van der Waals surface area (Å²) in [5, 5.41) is 20.5.